The largest absolute Gasteiger partial charge is 0.374 e. The Morgan fingerprint density at radius 3 is 2.86 bits per heavy atom. The lowest BCUT2D eigenvalue weighted by molar-refractivity contribution is 0.250. The van der Waals surface area contributed by atoms with Crippen LogP contribution in [0.15, 0.2) is 18.8 Å². The predicted octanol–water partition coefficient (Wildman–Crippen LogP) is 1.77. The third-order valence-electron chi connectivity index (χ3n) is 4.68. The van der Waals surface area contributed by atoms with Gasteiger partial charge in [0.2, 0.25) is 10.0 Å². The number of nitrogens with one attached hydrogen (secondary N) is 2. The Morgan fingerprint density at radius 2 is 2.27 bits per heavy atom. The number of H-pyrrole nitrogens is 1. The van der Waals surface area contributed by atoms with E-state index in [0.29, 0.717) is 6.54 Å². The number of hydrogen-bond donors (Lipinski definition) is 2. The van der Waals surface area contributed by atoms with Gasteiger partial charge in [-0.05, 0) is 26.3 Å². The number of likely N-dealkylation sites (N-methyl/N-ethyl adjacent to an activating group) is 1. The molecule has 22 heavy (non-hydrogen) atoms. The first-order valence-electron chi connectivity index (χ1n) is 7.51. The molecule has 1 aliphatic rings. The Balaban J connectivity index is 2.17. The van der Waals surface area contributed by atoms with E-state index in [2.05, 4.69) is 21.8 Å². The molecule has 124 valence electrons. The van der Waals surface area contributed by atoms with Crippen LogP contribution in [0.25, 0.3) is 5.70 Å². The molecule has 2 N–H and O–H groups in total. The van der Waals surface area contributed by atoms with Gasteiger partial charge in [0.1, 0.15) is 5.82 Å². The van der Waals surface area contributed by atoms with E-state index in [0.717, 1.165) is 30.0 Å². The lowest BCUT2D eigenvalue weighted by atomic mass is 10.0. The lowest BCUT2D eigenvalue weighted by Gasteiger charge is -2.34. The van der Waals surface area contributed by atoms with Crippen LogP contribution in [-0.2, 0) is 10.0 Å². The molecule has 0 radical (unpaired) electrons. The highest BCUT2D eigenvalue weighted by atomic mass is 32.2. The van der Waals surface area contributed by atoms with E-state index in [4.69, 9.17) is 0 Å². The maximum atomic E-state index is 12.2. The van der Waals surface area contributed by atoms with Crippen molar-refractivity contribution in [3.8, 4) is 0 Å². The number of nitrogens with zero attached hydrogens (tertiary/aromatic N) is 2. The van der Waals surface area contributed by atoms with Crippen LogP contribution in [0.2, 0.25) is 0 Å². The van der Waals surface area contributed by atoms with Gasteiger partial charge in [-0.15, -0.1) is 0 Å². The number of likely N-dealkylation sites (tertiary alicyclic amines) is 1. The first kappa shape index (κ1) is 16.9. The van der Waals surface area contributed by atoms with Gasteiger partial charge in [-0.25, -0.2) is 8.42 Å². The highest BCUT2D eigenvalue weighted by molar-refractivity contribution is 7.89. The SMILES string of the molecule is C=C(c1cc[nH]c1NC)N1CCC(C)(N(C)S(=O)(=O)CC)C1. The van der Waals surface area contributed by atoms with Gasteiger partial charge in [0.25, 0.3) is 0 Å². The zero-order valence-electron chi connectivity index (χ0n) is 13.8. The van der Waals surface area contributed by atoms with Gasteiger partial charge in [0.05, 0.1) is 11.3 Å². The van der Waals surface area contributed by atoms with Crippen molar-refractivity contribution < 1.29 is 8.42 Å². The van der Waals surface area contributed by atoms with Crippen molar-refractivity contribution in [1.29, 1.82) is 0 Å². The average molecular weight is 326 g/mol. The van der Waals surface area contributed by atoms with E-state index in [1.165, 1.54) is 4.31 Å². The Hall–Kier alpha value is -1.47. The summed E-state index contributed by atoms with van der Waals surface area (Å²) in [7, 11) is 0.343. The van der Waals surface area contributed by atoms with Crippen LogP contribution in [0, 0.1) is 0 Å². The third kappa shape index (κ3) is 2.87. The predicted molar refractivity (Wildman–Crippen MR) is 91.2 cm³/mol. The Kier molecular flexibility index (Phi) is 4.58. The van der Waals surface area contributed by atoms with Gasteiger partial charge < -0.3 is 15.2 Å². The van der Waals surface area contributed by atoms with Crippen LogP contribution in [0.4, 0.5) is 5.82 Å². The minimum absolute atomic E-state index is 0.127. The van der Waals surface area contributed by atoms with Crippen molar-refractivity contribution in [3.05, 3.63) is 24.4 Å². The number of aromatic nitrogens is 1. The van der Waals surface area contributed by atoms with Crippen LogP contribution in [0.3, 0.4) is 0 Å². The van der Waals surface area contributed by atoms with Crippen molar-refractivity contribution >= 4 is 21.5 Å². The second-order valence-electron chi connectivity index (χ2n) is 6.00. The van der Waals surface area contributed by atoms with Crippen molar-refractivity contribution in [2.45, 2.75) is 25.8 Å². The molecule has 0 bridgehead atoms. The third-order valence-corrected chi connectivity index (χ3v) is 6.69. The fourth-order valence-electron chi connectivity index (χ4n) is 2.95. The van der Waals surface area contributed by atoms with E-state index in [1.54, 1.807) is 14.0 Å². The Bertz CT molecular complexity index is 652. The molecule has 2 rings (SSSR count). The second kappa shape index (κ2) is 5.96. The molecular weight excluding hydrogens is 300 g/mol. The highest BCUT2D eigenvalue weighted by Crippen LogP contribution is 2.34. The standard InChI is InChI=1S/C15H26N4O2S/c1-6-22(20,21)18(5)15(3)8-10-19(11-15)12(2)13-7-9-17-14(13)16-4/h7,9,16-17H,2,6,8,10-11H2,1,3-5H3. The summed E-state index contributed by atoms with van der Waals surface area (Å²) in [6.07, 6.45) is 2.66. The van der Waals surface area contributed by atoms with Gasteiger partial charge in [-0.2, -0.15) is 4.31 Å². The average Bonchev–Trinajstić information content (AvgIpc) is 3.12. The summed E-state index contributed by atoms with van der Waals surface area (Å²) in [6.45, 7) is 9.32. The molecule has 6 nitrogen and oxygen atoms in total. The summed E-state index contributed by atoms with van der Waals surface area (Å²) in [5, 5.41) is 3.11. The summed E-state index contributed by atoms with van der Waals surface area (Å²) in [6, 6.07) is 1.98. The molecule has 1 aromatic rings. The molecule has 1 fully saturated rings. The second-order valence-corrected chi connectivity index (χ2v) is 8.29. The molecule has 0 saturated carbocycles. The molecule has 1 unspecified atom stereocenters. The van der Waals surface area contributed by atoms with Crippen LogP contribution in [0.1, 0.15) is 25.8 Å². The molecule has 1 aliphatic heterocycles. The molecular formula is C15H26N4O2S. The quantitative estimate of drug-likeness (QED) is 0.836. The molecule has 7 heteroatoms. The number of rotatable bonds is 6. The van der Waals surface area contributed by atoms with Gasteiger partial charge in [-0.3, -0.25) is 0 Å². The number of anilines is 1. The van der Waals surface area contributed by atoms with Gasteiger partial charge in [0.15, 0.2) is 0 Å². The summed E-state index contributed by atoms with van der Waals surface area (Å²) in [5.41, 5.74) is 1.54. The normalized spacial score (nSPS) is 22.3. The zero-order chi connectivity index (χ0) is 16.5. The van der Waals surface area contributed by atoms with E-state index < -0.39 is 15.6 Å². The molecule has 0 spiro atoms. The van der Waals surface area contributed by atoms with E-state index in [1.807, 2.05) is 26.2 Å². The summed E-state index contributed by atoms with van der Waals surface area (Å²) < 4.78 is 25.9. The number of sulfonamides is 1. The van der Waals surface area contributed by atoms with Crippen molar-refractivity contribution in [3.63, 3.8) is 0 Å². The first-order chi connectivity index (χ1) is 10.2. The minimum Gasteiger partial charge on any atom is -0.374 e. The maximum Gasteiger partial charge on any atom is 0.214 e. The Morgan fingerprint density at radius 1 is 1.59 bits per heavy atom. The molecule has 1 saturated heterocycles. The Labute approximate surface area is 133 Å². The molecule has 1 atom stereocenters. The molecule has 2 heterocycles. The van der Waals surface area contributed by atoms with Crippen molar-refractivity contribution in [2.75, 3.05) is 38.3 Å². The van der Waals surface area contributed by atoms with Crippen molar-refractivity contribution in [2.24, 2.45) is 0 Å². The minimum atomic E-state index is -3.20. The molecule has 0 amide bonds. The smallest absolute Gasteiger partial charge is 0.214 e. The van der Waals surface area contributed by atoms with E-state index >= 15 is 0 Å². The van der Waals surface area contributed by atoms with Crippen LogP contribution < -0.4 is 5.32 Å². The molecule has 0 aliphatic carbocycles. The number of hydrogen-bond acceptors (Lipinski definition) is 4. The topological polar surface area (TPSA) is 68.4 Å². The van der Waals surface area contributed by atoms with E-state index in [9.17, 15) is 8.42 Å². The van der Waals surface area contributed by atoms with Gasteiger partial charge in [0, 0.05) is 44.6 Å². The summed E-state index contributed by atoms with van der Waals surface area (Å²) in [5.74, 6) is 1.05. The highest BCUT2D eigenvalue weighted by Gasteiger charge is 2.42. The summed E-state index contributed by atoms with van der Waals surface area (Å²) in [4.78, 5) is 5.29. The monoisotopic (exact) mass is 326 g/mol. The zero-order valence-corrected chi connectivity index (χ0v) is 14.6. The van der Waals surface area contributed by atoms with Crippen LogP contribution in [0.5, 0.6) is 0 Å². The maximum absolute atomic E-state index is 12.2. The van der Waals surface area contributed by atoms with E-state index in [-0.39, 0.29) is 5.75 Å². The summed E-state index contributed by atoms with van der Waals surface area (Å²) >= 11 is 0. The first-order valence-corrected chi connectivity index (χ1v) is 9.12. The molecule has 1 aromatic heterocycles. The fraction of sp³-hybridized carbons (Fsp3) is 0.600. The van der Waals surface area contributed by atoms with Crippen LogP contribution >= 0.6 is 0 Å². The lowest BCUT2D eigenvalue weighted by Crippen LogP contribution is -2.49. The molecule has 0 aromatic carbocycles. The fourth-order valence-corrected chi connectivity index (χ4v) is 4.16. The number of aromatic amines is 1. The van der Waals surface area contributed by atoms with Crippen molar-refractivity contribution in [1.82, 2.24) is 14.2 Å². The van der Waals surface area contributed by atoms with Crippen LogP contribution in [-0.4, -0.2) is 61.1 Å². The van der Waals surface area contributed by atoms with Gasteiger partial charge in [-0.1, -0.05) is 6.58 Å². The van der Waals surface area contributed by atoms with Gasteiger partial charge >= 0.3 is 0 Å².